The van der Waals surface area contributed by atoms with Crippen LogP contribution in [0.4, 0.5) is 12.9 Å². The van der Waals surface area contributed by atoms with Gasteiger partial charge in [0, 0.05) is 0 Å². The third-order valence-electron chi connectivity index (χ3n) is 1.78. The third kappa shape index (κ3) is 9.41. The van der Waals surface area contributed by atoms with Gasteiger partial charge in [-0.05, 0) is 5.92 Å². The zero-order chi connectivity index (χ0) is 8.36. The molecule has 1 atom stereocenters. The first-order valence-corrected chi connectivity index (χ1v) is 3.54. The molecule has 0 radical (unpaired) electrons. The van der Waals surface area contributed by atoms with E-state index in [1.54, 1.807) is 6.92 Å². The maximum Gasteiger partial charge on any atom is 1.00 e. The van der Waals surface area contributed by atoms with E-state index >= 15 is 0 Å². The Morgan fingerprint density at radius 3 is 1.55 bits per heavy atom. The van der Waals surface area contributed by atoms with Crippen LogP contribution in [0.3, 0.4) is 0 Å². The van der Waals surface area contributed by atoms with Gasteiger partial charge in [-0.1, -0.05) is 33.0 Å². The molecule has 0 heterocycles. The second-order valence-corrected chi connectivity index (χ2v) is 3.17. The van der Waals surface area contributed by atoms with Gasteiger partial charge in [-0.25, -0.2) is 0 Å². The Morgan fingerprint density at radius 1 is 1.09 bits per heavy atom. The van der Waals surface area contributed by atoms with Gasteiger partial charge in [0.25, 0.3) is 0 Å². The molecule has 0 aliphatic rings. The van der Waals surface area contributed by atoms with Crippen molar-refractivity contribution in [2.45, 2.75) is 27.1 Å². The van der Waals surface area contributed by atoms with Crippen LogP contribution in [0.1, 0.15) is 20.8 Å². The van der Waals surface area contributed by atoms with Crippen molar-refractivity contribution < 1.29 is 64.3 Å². The largest absolute Gasteiger partial charge is 1.00 e. The minimum atomic E-state index is -4.58. The van der Waals surface area contributed by atoms with Crippen molar-refractivity contribution in [3.8, 4) is 0 Å². The zero-order valence-corrected chi connectivity index (χ0v) is 10.7. The standard InChI is InChI=1S/C6H13BF3.K/c1-5(2)6(3)4-7(8,9)10;/h5-6H,4H2,1-3H3;/q-1;+1. The van der Waals surface area contributed by atoms with Crippen LogP contribution in [0, 0.1) is 11.8 Å². The molecule has 0 N–H and O–H groups in total. The van der Waals surface area contributed by atoms with Crippen LogP contribution in [-0.2, 0) is 0 Å². The fourth-order valence-corrected chi connectivity index (χ4v) is 0.694. The first kappa shape index (κ1) is 15.0. The van der Waals surface area contributed by atoms with E-state index in [-0.39, 0.29) is 63.2 Å². The summed E-state index contributed by atoms with van der Waals surface area (Å²) in [6, 6.07) is 0. The predicted molar refractivity (Wildman–Crippen MR) is 37.9 cm³/mol. The molecule has 11 heavy (non-hydrogen) atoms. The van der Waals surface area contributed by atoms with Crippen molar-refractivity contribution in [2.24, 2.45) is 11.8 Å². The fraction of sp³-hybridized carbons (Fsp3) is 1.00. The number of halogens is 3. The smallest absolute Gasteiger partial charge is 0.449 e. The van der Waals surface area contributed by atoms with Crippen molar-refractivity contribution in [3.05, 3.63) is 0 Å². The minimum absolute atomic E-state index is 0. The van der Waals surface area contributed by atoms with Gasteiger partial charge in [-0.15, -0.1) is 0 Å². The molecule has 0 fully saturated rings. The predicted octanol–water partition coefficient (Wildman–Crippen LogP) is 0.130. The molecule has 1 unspecified atom stereocenters. The van der Waals surface area contributed by atoms with Crippen molar-refractivity contribution in [3.63, 3.8) is 0 Å². The molecular formula is C6H13BF3K. The summed E-state index contributed by atoms with van der Waals surface area (Å²) in [5.41, 5.74) is 0. The van der Waals surface area contributed by atoms with Crippen LogP contribution in [0.5, 0.6) is 0 Å². The molecule has 62 valence electrons. The molecule has 0 nitrogen and oxygen atoms in total. The number of rotatable bonds is 3. The second kappa shape index (κ2) is 6.02. The topological polar surface area (TPSA) is 0 Å². The Kier molecular flexibility index (Phi) is 8.21. The van der Waals surface area contributed by atoms with Crippen LogP contribution < -0.4 is 51.4 Å². The Morgan fingerprint density at radius 2 is 1.45 bits per heavy atom. The summed E-state index contributed by atoms with van der Waals surface area (Å²) < 4.78 is 35.2. The molecular weight excluding hydrogens is 179 g/mol. The van der Waals surface area contributed by atoms with Crippen molar-refractivity contribution in [1.29, 1.82) is 0 Å². The Balaban J connectivity index is 0. The molecule has 0 aromatic carbocycles. The van der Waals surface area contributed by atoms with Crippen molar-refractivity contribution in [1.82, 2.24) is 0 Å². The minimum Gasteiger partial charge on any atom is -0.449 e. The molecule has 0 amide bonds. The molecule has 0 aliphatic carbocycles. The third-order valence-corrected chi connectivity index (χ3v) is 1.78. The SMILES string of the molecule is CC(C)C(C)C[B-](F)(F)F.[K+]. The fourth-order valence-electron chi connectivity index (χ4n) is 0.694. The number of hydrogen-bond acceptors (Lipinski definition) is 0. The van der Waals surface area contributed by atoms with Gasteiger partial charge in [0.1, 0.15) is 0 Å². The van der Waals surface area contributed by atoms with Crippen LogP contribution >= 0.6 is 0 Å². The Hall–Kier alpha value is 1.49. The maximum atomic E-state index is 11.7. The summed E-state index contributed by atoms with van der Waals surface area (Å²) in [7, 11) is 0. The Labute approximate surface area is 109 Å². The quantitative estimate of drug-likeness (QED) is 0.557. The van der Waals surface area contributed by atoms with E-state index in [0.717, 1.165) is 0 Å². The molecule has 0 saturated carbocycles. The molecule has 0 aromatic heterocycles. The molecule has 0 saturated heterocycles. The van der Waals surface area contributed by atoms with Gasteiger partial charge in [0.2, 0.25) is 0 Å². The normalized spacial score (nSPS) is 14.5. The molecule has 0 rings (SSSR count). The first-order valence-electron chi connectivity index (χ1n) is 3.54. The van der Waals surface area contributed by atoms with Crippen LogP contribution in [0.2, 0.25) is 6.32 Å². The average molecular weight is 192 g/mol. The van der Waals surface area contributed by atoms with Gasteiger partial charge >= 0.3 is 58.4 Å². The second-order valence-electron chi connectivity index (χ2n) is 3.17. The van der Waals surface area contributed by atoms with Gasteiger partial charge in [-0.3, -0.25) is 0 Å². The molecule has 5 heteroatoms. The van der Waals surface area contributed by atoms with Gasteiger partial charge < -0.3 is 12.9 Å². The molecule has 0 aromatic rings. The summed E-state index contributed by atoms with van der Waals surface area (Å²) in [5, 5.41) is 0. The average Bonchev–Trinajstić information content (AvgIpc) is 1.60. The van der Waals surface area contributed by atoms with Crippen molar-refractivity contribution in [2.75, 3.05) is 0 Å². The van der Waals surface area contributed by atoms with E-state index in [4.69, 9.17) is 0 Å². The van der Waals surface area contributed by atoms with E-state index in [2.05, 4.69) is 0 Å². The van der Waals surface area contributed by atoms with E-state index in [0.29, 0.717) is 0 Å². The maximum absolute atomic E-state index is 11.7. The van der Waals surface area contributed by atoms with Crippen LogP contribution in [0.25, 0.3) is 0 Å². The van der Waals surface area contributed by atoms with Crippen LogP contribution in [-0.4, -0.2) is 6.98 Å². The van der Waals surface area contributed by atoms with E-state index in [1.807, 2.05) is 13.8 Å². The van der Waals surface area contributed by atoms with E-state index in [9.17, 15) is 12.9 Å². The van der Waals surface area contributed by atoms with E-state index in [1.165, 1.54) is 0 Å². The Bertz CT molecular complexity index is 102. The van der Waals surface area contributed by atoms with E-state index < -0.39 is 13.3 Å². The summed E-state index contributed by atoms with van der Waals surface area (Å²) in [4.78, 5) is 0. The first-order chi connectivity index (χ1) is 4.33. The summed E-state index contributed by atoms with van der Waals surface area (Å²) in [5.74, 6) is -0.108. The van der Waals surface area contributed by atoms with Crippen molar-refractivity contribution >= 4 is 6.98 Å². The molecule has 0 aliphatic heterocycles. The van der Waals surface area contributed by atoms with Crippen LogP contribution in [0.15, 0.2) is 0 Å². The number of hydrogen-bond donors (Lipinski definition) is 0. The summed E-state index contributed by atoms with van der Waals surface area (Å²) in [6.07, 6.45) is -0.600. The monoisotopic (exact) mass is 192 g/mol. The summed E-state index contributed by atoms with van der Waals surface area (Å²) in [6.45, 7) is 0.687. The van der Waals surface area contributed by atoms with Gasteiger partial charge in [-0.2, -0.15) is 0 Å². The molecule has 0 spiro atoms. The zero-order valence-electron chi connectivity index (χ0n) is 7.57. The molecule has 0 bridgehead atoms. The van der Waals surface area contributed by atoms with Gasteiger partial charge in [0.05, 0.1) is 0 Å². The summed E-state index contributed by atoms with van der Waals surface area (Å²) >= 11 is 0. The van der Waals surface area contributed by atoms with Gasteiger partial charge in [0.15, 0.2) is 0 Å².